The minimum Gasteiger partial charge on any atom is -0.180 e. The van der Waals surface area contributed by atoms with E-state index < -0.39 is 71.1 Å². The fourth-order valence-corrected chi connectivity index (χ4v) is 674. The Morgan fingerprint density at radius 2 is 0.574 bits per heavy atom. The predicted molar refractivity (Wildman–Crippen MR) is 252 cm³/mol. The van der Waals surface area contributed by atoms with Gasteiger partial charge in [-0.05, 0) is 30.2 Å². The molecule has 0 aliphatic carbocycles. The normalized spacial score (nSPS) is 22.5. The average Bonchev–Trinajstić information content (AvgIpc) is 3.32. The fourth-order valence-electron chi connectivity index (χ4n) is 10.8. The summed E-state index contributed by atoms with van der Waals surface area (Å²) >= 11 is 10.1. The van der Waals surface area contributed by atoms with E-state index in [0.29, 0.717) is 30.2 Å². The van der Waals surface area contributed by atoms with E-state index in [9.17, 15) is 11.1 Å². The molecule has 1 atom stereocenters. The average molecular weight is 839 g/mol. The van der Waals surface area contributed by atoms with Crippen molar-refractivity contribution in [3.63, 3.8) is 0 Å². The van der Waals surface area contributed by atoms with Crippen molar-refractivity contribution in [3.8, 4) is 0 Å². The van der Waals surface area contributed by atoms with Gasteiger partial charge in [0.25, 0.3) is 0 Å². The van der Waals surface area contributed by atoms with E-state index in [4.69, 9.17) is 0 Å². The maximum absolute atomic E-state index is 10.1. The number of hydrogen-bond donors (Lipinski definition) is 0. The number of halogens is 1. The van der Waals surface area contributed by atoms with Crippen LogP contribution in [0, 0.1) is 0 Å². The second-order valence-electron chi connectivity index (χ2n) is 25.8. The van der Waals surface area contributed by atoms with Crippen molar-refractivity contribution in [3.05, 3.63) is 0 Å². The molecule has 0 bridgehead atoms. The van der Waals surface area contributed by atoms with Crippen LogP contribution in [0.4, 0.5) is 0 Å². The summed E-state index contributed by atoms with van der Waals surface area (Å²) in [4.78, 5) is 0. The molecule has 281 valence electrons. The van der Waals surface area contributed by atoms with Crippen molar-refractivity contribution in [2.45, 2.75) is 233 Å². The third kappa shape index (κ3) is 5.70. The molecule has 1 saturated heterocycles. The van der Waals surface area contributed by atoms with E-state index in [0.717, 1.165) is 0 Å². The lowest BCUT2D eigenvalue weighted by Crippen LogP contribution is -2.99. The molecule has 0 amide bonds. The Kier molecular flexibility index (Phi) is 12.1. The molecule has 1 radical (unpaired) electrons. The molecule has 0 aromatic rings. The topological polar surface area (TPSA) is 0 Å². The molecule has 0 spiro atoms. The van der Waals surface area contributed by atoms with Crippen molar-refractivity contribution in [2.24, 2.45) is 0 Å². The molecule has 1 heterocycles. The molecule has 0 N–H and O–H groups in total. The molecule has 1 rings (SSSR count). The Balaban J connectivity index is 5.47. The highest BCUT2D eigenvalue weighted by atomic mass is 35.6. The van der Waals surface area contributed by atoms with Crippen LogP contribution < -0.4 is 0 Å². The largest absolute Gasteiger partial charge is 0.180 e. The van der Waals surface area contributed by atoms with Gasteiger partial charge in [0.15, 0.2) is 0 Å². The molecule has 1 aliphatic heterocycles. The summed E-state index contributed by atoms with van der Waals surface area (Å²) in [5.74, 6) is -2.35. The van der Waals surface area contributed by atoms with E-state index in [-0.39, 0.29) is 0 Å². The zero-order valence-corrected chi connectivity index (χ0v) is 49.1. The van der Waals surface area contributed by atoms with E-state index in [1.165, 1.54) is 0 Å². The molecule has 47 heavy (non-hydrogen) atoms. The monoisotopic (exact) mass is 837 g/mol. The molecular formula is C36H90ClSi10. The van der Waals surface area contributed by atoms with Gasteiger partial charge in [-0.3, -0.25) is 0 Å². The Morgan fingerprint density at radius 1 is 0.362 bits per heavy atom. The minimum atomic E-state index is -2.35. The molecule has 0 unspecified atom stereocenters. The van der Waals surface area contributed by atoms with Gasteiger partial charge in [-0.15, -0.1) is 0 Å². The highest BCUT2D eigenvalue weighted by Crippen LogP contribution is 2.76. The maximum atomic E-state index is 10.1. The van der Waals surface area contributed by atoms with Gasteiger partial charge in [-0.2, -0.15) is 11.1 Å². The van der Waals surface area contributed by atoms with E-state index in [1.807, 2.05) is 0 Å². The molecule has 0 nitrogen and oxygen atoms in total. The Labute approximate surface area is 313 Å². The first-order valence-electron chi connectivity index (χ1n) is 19.2. The molecule has 1 aliphatic rings. The SMILES string of the molecule is CC(C)(C)[Si](C)(C)[Si]1[Si]([Si](C)(C)C(C)(C)C)([Si](C)(C)C(C)(C)C)[Si@@]1(Cl)[Si]([Si](C)(C)C(C)(C)C)([Si](C)(C)C(C)(C)C)[Si](C)(C)C(C)(C)C. The van der Waals surface area contributed by atoms with Crippen molar-refractivity contribution in [1.82, 2.24) is 0 Å². The zero-order chi connectivity index (χ0) is 39.1. The standard InChI is InChI=1S/C36H90ClSi10/c1-31(2,3)39(19,20)38-45(37,46(38,40(21,22)32(4,5)6)41(23,24)33(7,8)9)47(42(25,26)34(10,11)12,43(27,28)35(13,14)15)44(29,30)36(16,17)18/h1-30H3/t45-/m0/s1. The maximum Gasteiger partial charge on any atom is 0.110 e. The number of hydrogen-bond acceptors (Lipinski definition) is 0. The Bertz CT molecular complexity index is 1080. The van der Waals surface area contributed by atoms with Gasteiger partial charge < -0.3 is 0 Å². The first-order chi connectivity index (χ1) is 19.6. The summed E-state index contributed by atoms with van der Waals surface area (Å²) in [5.41, 5.74) is 0. The first-order valence-corrected chi connectivity index (χ1v) is 55.7. The van der Waals surface area contributed by atoms with Crippen LogP contribution in [-0.2, 0) is 0 Å². The van der Waals surface area contributed by atoms with Crippen molar-refractivity contribution >= 4 is 82.2 Å². The smallest absolute Gasteiger partial charge is 0.110 e. The third-order valence-corrected chi connectivity index (χ3v) is 321. The van der Waals surface area contributed by atoms with Crippen LogP contribution in [0.1, 0.15) is 125 Å². The quantitative estimate of drug-likeness (QED) is 0.177. The van der Waals surface area contributed by atoms with Crippen LogP contribution in [0.2, 0.25) is 109 Å². The minimum absolute atomic E-state index is 0.350. The van der Waals surface area contributed by atoms with Crippen LogP contribution in [0.15, 0.2) is 0 Å². The molecule has 0 saturated carbocycles. The third-order valence-electron chi connectivity index (χ3n) is 18.3. The summed E-state index contributed by atoms with van der Waals surface area (Å²) in [7, 11) is -12.2. The Hall–Kier alpha value is 2.46. The van der Waals surface area contributed by atoms with Gasteiger partial charge >= 0.3 is 0 Å². The second kappa shape index (κ2) is 12.0. The zero-order valence-electron chi connectivity index (χ0n) is 38.4. The molecule has 1 fully saturated rings. The summed E-state index contributed by atoms with van der Waals surface area (Å²) in [6.45, 7) is 85.2. The van der Waals surface area contributed by atoms with Crippen LogP contribution in [0.3, 0.4) is 0 Å². The molecule has 11 heteroatoms. The predicted octanol–water partition coefficient (Wildman–Crippen LogP) is 14.4. The molecule has 0 aromatic carbocycles. The van der Waals surface area contributed by atoms with Crippen LogP contribution in [0.25, 0.3) is 0 Å². The van der Waals surface area contributed by atoms with Gasteiger partial charge in [0.2, 0.25) is 0 Å². The van der Waals surface area contributed by atoms with Gasteiger partial charge in [0.05, 0.1) is 0 Å². The lowest BCUT2D eigenvalue weighted by molar-refractivity contribution is 0.720. The van der Waals surface area contributed by atoms with Gasteiger partial charge in [0, 0.05) is 65.2 Å². The fraction of sp³-hybridized carbons (Fsp3) is 1.00. The highest BCUT2D eigenvalue weighted by Gasteiger charge is 3.02. The lowest BCUT2D eigenvalue weighted by atomic mass is 10.2. The summed E-state index contributed by atoms with van der Waals surface area (Å²) in [6.07, 6.45) is -4.20. The number of rotatable bonds is 7. The van der Waals surface area contributed by atoms with Crippen LogP contribution >= 0.6 is 11.1 Å². The molecular weight excluding hydrogens is 749 g/mol. The second-order valence-corrected chi connectivity index (χ2v) is 143. The van der Waals surface area contributed by atoms with Crippen LogP contribution in [-0.4, -0.2) is 71.1 Å². The van der Waals surface area contributed by atoms with Gasteiger partial charge in [0.1, 0.15) is 5.94 Å². The molecule has 0 aromatic heterocycles. The first kappa shape index (κ1) is 47.5. The van der Waals surface area contributed by atoms with Crippen molar-refractivity contribution < 1.29 is 0 Å². The lowest BCUT2D eigenvalue weighted by Gasteiger charge is -2.73. The highest BCUT2D eigenvalue weighted by molar-refractivity contribution is 8.57. The van der Waals surface area contributed by atoms with Gasteiger partial charge in [-0.1, -0.05) is 203 Å². The van der Waals surface area contributed by atoms with Crippen molar-refractivity contribution in [2.75, 3.05) is 0 Å². The van der Waals surface area contributed by atoms with Crippen LogP contribution in [0.5, 0.6) is 0 Å². The van der Waals surface area contributed by atoms with E-state index in [1.54, 1.807) is 0 Å². The van der Waals surface area contributed by atoms with E-state index >= 15 is 0 Å². The summed E-state index contributed by atoms with van der Waals surface area (Å²) in [6, 6.07) is 0. The van der Waals surface area contributed by atoms with Gasteiger partial charge in [-0.25, -0.2) is 0 Å². The van der Waals surface area contributed by atoms with Crippen molar-refractivity contribution in [1.29, 1.82) is 0 Å². The summed E-state index contributed by atoms with van der Waals surface area (Å²) in [5, 5.41) is 2.20. The van der Waals surface area contributed by atoms with E-state index in [2.05, 4.69) is 203 Å². The summed E-state index contributed by atoms with van der Waals surface area (Å²) < 4.78 is 0. The Morgan fingerprint density at radius 3 is 0.723 bits per heavy atom.